The van der Waals surface area contributed by atoms with Crippen molar-refractivity contribution in [2.75, 3.05) is 11.9 Å². The maximum absolute atomic E-state index is 12.1. The zero-order chi connectivity index (χ0) is 18.6. The highest BCUT2D eigenvalue weighted by Crippen LogP contribution is 2.25. The first-order valence-corrected chi connectivity index (χ1v) is 9.40. The molecule has 0 saturated carbocycles. The van der Waals surface area contributed by atoms with Gasteiger partial charge in [0.15, 0.2) is 12.2 Å². The Kier molecular flexibility index (Phi) is 5.06. The first-order valence-electron chi connectivity index (χ1n) is 8.32. The standard InChI is InChI=1S/C21H15IN2O3/c22-16-5-1-3-7-18(16)26-13-20(25)23-15-11-9-14(10-12-15)21-24-17-6-2-4-8-19(17)27-21/h1-12H,13H2,(H,23,25). The summed E-state index contributed by atoms with van der Waals surface area (Å²) in [7, 11) is 0. The molecule has 0 fully saturated rings. The highest BCUT2D eigenvalue weighted by Gasteiger charge is 2.09. The van der Waals surface area contributed by atoms with Gasteiger partial charge in [-0.15, -0.1) is 0 Å². The number of anilines is 1. The molecule has 1 N–H and O–H groups in total. The van der Waals surface area contributed by atoms with E-state index in [1.165, 1.54) is 0 Å². The van der Waals surface area contributed by atoms with Gasteiger partial charge in [-0.2, -0.15) is 0 Å². The van der Waals surface area contributed by atoms with Crippen LogP contribution in [0.1, 0.15) is 0 Å². The third-order valence-electron chi connectivity index (χ3n) is 3.90. The second-order valence-electron chi connectivity index (χ2n) is 5.83. The zero-order valence-electron chi connectivity index (χ0n) is 14.2. The summed E-state index contributed by atoms with van der Waals surface area (Å²) in [5, 5.41) is 2.82. The molecule has 134 valence electrons. The number of benzene rings is 3. The molecule has 5 nitrogen and oxygen atoms in total. The van der Waals surface area contributed by atoms with Gasteiger partial charge in [0.25, 0.3) is 5.91 Å². The quantitative estimate of drug-likeness (QED) is 0.412. The van der Waals surface area contributed by atoms with Crippen LogP contribution in [0.4, 0.5) is 5.69 Å². The number of amides is 1. The number of ether oxygens (including phenoxy) is 1. The third kappa shape index (κ3) is 4.11. The van der Waals surface area contributed by atoms with Crippen molar-refractivity contribution < 1.29 is 13.9 Å². The molecule has 3 aromatic carbocycles. The van der Waals surface area contributed by atoms with Gasteiger partial charge in [-0.1, -0.05) is 24.3 Å². The van der Waals surface area contributed by atoms with Crippen molar-refractivity contribution in [2.24, 2.45) is 0 Å². The SMILES string of the molecule is O=C(COc1ccccc1I)Nc1ccc(-c2nc3ccccc3o2)cc1. The topological polar surface area (TPSA) is 64.4 Å². The molecule has 4 aromatic rings. The van der Waals surface area contributed by atoms with Crippen LogP contribution in [0.15, 0.2) is 77.2 Å². The number of rotatable bonds is 5. The average Bonchev–Trinajstić information content (AvgIpc) is 3.12. The fraction of sp³-hybridized carbons (Fsp3) is 0.0476. The van der Waals surface area contributed by atoms with Crippen molar-refractivity contribution in [1.82, 2.24) is 4.98 Å². The summed E-state index contributed by atoms with van der Waals surface area (Å²) < 4.78 is 12.3. The molecule has 1 amide bonds. The molecular weight excluding hydrogens is 455 g/mol. The van der Waals surface area contributed by atoms with E-state index >= 15 is 0 Å². The third-order valence-corrected chi connectivity index (χ3v) is 4.80. The summed E-state index contributed by atoms with van der Waals surface area (Å²) in [6, 6.07) is 22.5. The molecule has 0 radical (unpaired) electrons. The van der Waals surface area contributed by atoms with Gasteiger partial charge in [-0.05, 0) is 71.1 Å². The average molecular weight is 470 g/mol. The number of nitrogens with zero attached hydrogens (tertiary/aromatic N) is 1. The Balaban J connectivity index is 1.40. The van der Waals surface area contributed by atoms with Gasteiger partial charge >= 0.3 is 0 Å². The van der Waals surface area contributed by atoms with Gasteiger partial charge < -0.3 is 14.5 Å². The first-order chi connectivity index (χ1) is 13.2. The van der Waals surface area contributed by atoms with Crippen molar-refractivity contribution in [3.05, 3.63) is 76.4 Å². The second-order valence-corrected chi connectivity index (χ2v) is 6.99. The molecule has 1 heterocycles. The number of carbonyl (C=O) groups is 1. The van der Waals surface area contributed by atoms with Crippen LogP contribution in [0, 0.1) is 3.57 Å². The van der Waals surface area contributed by atoms with Gasteiger partial charge in [0.2, 0.25) is 5.89 Å². The lowest BCUT2D eigenvalue weighted by molar-refractivity contribution is -0.118. The van der Waals surface area contributed by atoms with Crippen molar-refractivity contribution >= 4 is 45.3 Å². The Labute approximate surface area is 169 Å². The number of carbonyl (C=O) groups excluding carboxylic acids is 1. The molecule has 4 rings (SSSR count). The summed E-state index contributed by atoms with van der Waals surface area (Å²) in [4.78, 5) is 16.6. The minimum absolute atomic E-state index is 0.0487. The van der Waals surface area contributed by atoms with E-state index in [9.17, 15) is 4.79 Å². The molecule has 1 aromatic heterocycles. The molecule has 0 atom stereocenters. The molecular formula is C21H15IN2O3. The van der Waals surface area contributed by atoms with Crippen molar-refractivity contribution in [1.29, 1.82) is 0 Å². The number of nitrogens with one attached hydrogen (secondary N) is 1. The minimum Gasteiger partial charge on any atom is -0.483 e. The molecule has 0 unspecified atom stereocenters. The number of aromatic nitrogens is 1. The minimum atomic E-state index is -0.218. The van der Waals surface area contributed by atoms with Gasteiger partial charge in [0.05, 0.1) is 3.57 Å². The van der Waals surface area contributed by atoms with Crippen LogP contribution >= 0.6 is 22.6 Å². The number of hydrogen-bond donors (Lipinski definition) is 1. The van der Waals surface area contributed by atoms with Crippen LogP contribution in [0.2, 0.25) is 0 Å². The van der Waals surface area contributed by atoms with E-state index in [-0.39, 0.29) is 12.5 Å². The summed E-state index contributed by atoms with van der Waals surface area (Å²) in [5.41, 5.74) is 3.10. The van der Waals surface area contributed by atoms with E-state index in [1.54, 1.807) is 0 Å². The van der Waals surface area contributed by atoms with Gasteiger partial charge in [-0.3, -0.25) is 4.79 Å². The van der Waals surface area contributed by atoms with Crippen LogP contribution in [-0.2, 0) is 4.79 Å². The van der Waals surface area contributed by atoms with Crippen LogP contribution in [0.3, 0.4) is 0 Å². The Morgan fingerprint density at radius 1 is 1.00 bits per heavy atom. The predicted molar refractivity (Wildman–Crippen MR) is 113 cm³/mol. The van der Waals surface area contributed by atoms with Crippen LogP contribution < -0.4 is 10.1 Å². The largest absolute Gasteiger partial charge is 0.483 e. The van der Waals surface area contributed by atoms with E-state index in [2.05, 4.69) is 32.9 Å². The lowest BCUT2D eigenvalue weighted by atomic mass is 10.2. The monoisotopic (exact) mass is 470 g/mol. The van der Waals surface area contributed by atoms with Crippen LogP contribution in [-0.4, -0.2) is 17.5 Å². The molecule has 0 saturated heterocycles. The van der Waals surface area contributed by atoms with E-state index < -0.39 is 0 Å². The maximum atomic E-state index is 12.1. The van der Waals surface area contributed by atoms with Crippen LogP contribution in [0.25, 0.3) is 22.6 Å². The summed E-state index contributed by atoms with van der Waals surface area (Å²) in [5.74, 6) is 1.03. The van der Waals surface area contributed by atoms with Gasteiger partial charge in [-0.25, -0.2) is 4.98 Å². The Morgan fingerprint density at radius 3 is 2.52 bits per heavy atom. The maximum Gasteiger partial charge on any atom is 0.262 e. The van der Waals surface area contributed by atoms with E-state index in [0.717, 1.165) is 20.2 Å². The number of para-hydroxylation sites is 3. The molecule has 0 aliphatic rings. The molecule has 0 bridgehead atoms. The van der Waals surface area contributed by atoms with Gasteiger partial charge in [0, 0.05) is 11.3 Å². The highest BCUT2D eigenvalue weighted by atomic mass is 127. The van der Waals surface area contributed by atoms with E-state index in [0.29, 0.717) is 17.3 Å². The Bertz CT molecular complexity index is 1060. The first kappa shape index (κ1) is 17.5. The lowest BCUT2D eigenvalue weighted by Crippen LogP contribution is -2.20. The van der Waals surface area contributed by atoms with Crippen molar-refractivity contribution in [2.45, 2.75) is 0 Å². The predicted octanol–water partition coefficient (Wildman–Crippen LogP) is 5.12. The van der Waals surface area contributed by atoms with Crippen molar-refractivity contribution in [3.8, 4) is 17.2 Å². The normalized spacial score (nSPS) is 10.7. The fourth-order valence-electron chi connectivity index (χ4n) is 2.59. The number of hydrogen-bond acceptors (Lipinski definition) is 4. The fourth-order valence-corrected chi connectivity index (χ4v) is 3.14. The number of halogens is 1. The van der Waals surface area contributed by atoms with E-state index in [1.807, 2.05) is 72.8 Å². The number of fused-ring (bicyclic) bond motifs is 1. The molecule has 27 heavy (non-hydrogen) atoms. The smallest absolute Gasteiger partial charge is 0.262 e. The molecule has 0 aliphatic heterocycles. The van der Waals surface area contributed by atoms with Gasteiger partial charge in [0.1, 0.15) is 11.3 Å². The Hall–Kier alpha value is -2.87. The molecule has 0 spiro atoms. The van der Waals surface area contributed by atoms with E-state index in [4.69, 9.17) is 9.15 Å². The lowest BCUT2D eigenvalue weighted by Gasteiger charge is -2.09. The molecule has 6 heteroatoms. The number of oxazole rings is 1. The Morgan fingerprint density at radius 2 is 1.74 bits per heavy atom. The van der Waals surface area contributed by atoms with Crippen LogP contribution in [0.5, 0.6) is 5.75 Å². The zero-order valence-corrected chi connectivity index (χ0v) is 16.3. The van der Waals surface area contributed by atoms with Crippen molar-refractivity contribution in [3.63, 3.8) is 0 Å². The highest BCUT2D eigenvalue weighted by molar-refractivity contribution is 14.1. The summed E-state index contributed by atoms with van der Waals surface area (Å²) >= 11 is 2.17. The summed E-state index contributed by atoms with van der Waals surface area (Å²) in [6.07, 6.45) is 0. The summed E-state index contributed by atoms with van der Waals surface area (Å²) in [6.45, 7) is -0.0487. The second kappa shape index (κ2) is 7.79. The molecule has 0 aliphatic carbocycles.